The Kier molecular flexibility index (Phi) is 16.8. The van der Waals surface area contributed by atoms with E-state index in [0.29, 0.717) is 30.0 Å². The Morgan fingerprint density at radius 2 is 1.71 bits per heavy atom. The summed E-state index contributed by atoms with van der Waals surface area (Å²) in [7, 11) is 5.46. The van der Waals surface area contributed by atoms with Crippen LogP contribution < -0.4 is 30.7 Å². The molecule has 5 aliphatic rings. The lowest BCUT2D eigenvalue weighted by atomic mass is 9.74. The van der Waals surface area contributed by atoms with Crippen LogP contribution in [0.4, 0.5) is 23.1 Å². The summed E-state index contributed by atoms with van der Waals surface area (Å²) in [6.07, 6.45) is 23.2. The first-order chi connectivity index (χ1) is 31.6. The second-order valence-electron chi connectivity index (χ2n) is 19.8. The number of piperidine rings is 1. The molecule has 2 saturated carbocycles. The van der Waals surface area contributed by atoms with Gasteiger partial charge in [-0.05, 0) is 93.6 Å². The molecule has 2 aliphatic carbocycles. The highest BCUT2D eigenvalue weighted by molar-refractivity contribution is 7.94. The Morgan fingerprint density at radius 1 is 0.969 bits per heavy atom. The van der Waals surface area contributed by atoms with Crippen LogP contribution in [0.3, 0.4) is 0 Å². The SMILES string of the molecule is CNC(=O)C(CCC=O)N(C=O)c1cccc(CCCCCCCCCC2(CCNC=O)CN(SN3CCC(Nc4ncc5c(n4)N(C4CCCC4C)C(=O)C54CC4)CC3)C2)c1N(C)C. The number of benzene rings is 1. The number of aryl methyl sites for hydroxylation is 1. The number of unbranched alkanes of at least 4 members (excludes halogenated alkanes) is 6. The molecule has 0 radical (unpaired) electrons. The Labute approximate surface area is 391 Å². The van der Waals surface area contributed by atoms with Crippen molar-refractivity contribution >= 4 is 66.2 Å². The van der Waals surface area contributed by atoms with Gasteiger partial charge < -0.3 is 30.5 Å². The van der Waals surface area contributed by atoms with E-state index in [1.807, 2.05) is 49.5 Å². The highest BCUT2D eigenvalue weighted by Gasteiger charge is 2.62. The van der Waals surface area contributed by atoms with Crippen LogP contribution in [0.25, 0.3) is 0 Å². The highest BCUT2D eigenvalue weighted by Crippen LogP contribution is 2.58. The van der Waals surface area contributed by atoms with Crippen molar-refractivity contribution in [3.05, 3.63) is 35.5 Å². The molecule has 0 bridgehead atoms. The minimum Gasteiger partial charge on any atom is -0.376 e. The van der Waals surface area contributed by atoms with Gasteiger partial charge in [0.05, 0.1) is 16.8 Å². The van der Waals surface area contributed by atoms with E-state index in [2.05, 4.69) is 42.5 Å². The van der Waals surface area contributed by atoms with Crippen LogP contribution in [0, 0.1) is 11.3 Å². The number of likely N-dealkylation sites (N-methyl/N-ethyl adjacent to an activating group) is 1. The largest absolute Gasteiger partial charge is 0.376 e. The molecule has 3 aliphatic heterocycles. The summed E-state index contributed by atoms with van der Waals surface area (Å²) in [5, 5.41) is 9.21. The number of anilines is 4. The molecule has 3 atom stereocenters. The first kappa shape index (κ1) is 48.6. The van der Waals surface area contributed by atoms with Gasteiger partial charge in [0.2, 0.25) is 30.6 Å². The number of hydrogen-bond donors (Lipinski definition) is 3. The van der Waals surface area contributed by atoms with Crippen LogP contribution >= 0.6 is 12.1 Å². The maximum Gasteiger partial charge on any atom is 0.242 e. The number of carbonyl (C=O) groups excluding carboxylic acids is 5. The van der Waals surface area contributed by atoms with Gasteiger partial charge in [-0.25, -0.2) is 13.6 Å². The maximum atomic E-state index is 13.7. The van der Waals surface area contributed by atoms with E-state index in [0.717, 1.165) is 126 Å². The Bertz CT molecular complexity index is 1950. The third-order valence-electron chi connectivity index (χ3n) is 15.0. The van der Waals surface area contributed by atoms with E-state index in [1.54, 1.807) is 7.05 Å². The lowest BCUT2D eigenvalue weighted by Gasteiger charge is -2.51. The smallest absolute Gasteiger partial charge is 0.242 e. The molecule has 3 unspecified atom stereocenters. The fraction of sp³-hybridized carbons (Fsp3) is 0.694. The summed E-state index contributed by atoms with van der Waals surface area (Å²) in [6.45, 7) is 7.06. The van der Waals surface area contributed by atoms with Gasteiger partial charge in [-0.1, -0.05) is 64.0 Å². The van der Waals surface area contributed by atoms with Gasteiger partial charge >= 0.3 is 0 Å². The van der Waals surface area contributed by atoms with E-state index in [4.69, 9.17) is 9.97 Å². The summed E-state index contributed by atoms with van der Waals surface area (Å²) in [5.74, 6) is 1.98. The van der Waals surface area contributed by atoms with Crippen LogP contribution in [0.15, 0.2) is 24.4 Å². The Hall–Kier alpha value is -4.28. The molecule has 4 amide bonds. The average Bonchev–Trinajstić information content (AvgIpc) is 3.94. The lowest BCUT2D eigenvalue weighted by molar-refractivity contribution is -0.123. The molecule has 7 rings (SSSR count). The van der Waals surface area contributed by atoms with Crippen LogP contribution in [-0.2, 0) is 35.8 Å². The Morgan fingerprint density at radius 3 is 2.35 bits per heavy atom. The number of aldehydes is 1. The van der Waals surface area contributed by atoms with Crippen molar-refractivity contribution < 1.29 is 24.0 Å². The number of carbonyl (C=O) groups is 5. The number of amides is 4. The summed E-state index contributed by atoms with van der Waals surface area (Å²) in [4.78, 5) is 76.4. The number of nitrogens with one attached hydrogen (secondary N) is 3. The number of para-hydroxylation sites is 1. The van der Waals surface area contributed by atoms with E-state index in [-0.39, 0.29) is 41.5 Å². The fourth-order valence-corrected chi connectivity index (χ4v) is 12.5. The third kappa shape index (κ3) is 11.3. The van der Waals surface area contributed by atoms with Crippen molar-refractivity contribution in [1.82, 2.24) is 29.2 Å². The van der Waals surface area contributed by atoms with Crippen LogP contribution in [0.2, 0.25) is 0 Å². The number of nitrogens with zero attached hydrogens (tertiary/aromatic N) is 7. The average molecular weight is 915 g/mol. The van der Waals surface area contributed by atoms with Gasteiger partial charge in [-0.15, -0.1) is 0 Å². The van der Waals surface area contributed by atoms with E-state index in [1.165, 1.54) is 56.3 Å². The van der Waals surface area contributed by atoms with Gasteiger partial charge in [0.15, 0.2) is 0 Å². The number of fused-ring (bicyclic) bond motifs is 2. The highest BCUT2D eigenvalue weighted by atomic mass is 32.2. The third-order valence-corrected chi connectivity index (χ3v) is 16.1. The van der Waals surface area contributed by atoms with Gasteiger partial charge in [0.1, 0.15) is 18.1 Å². The summed E-state index contributed by atoms with van der Waals surface area (Å²) >= 11 is 1.89. The Balaban J connectivity index is 0.807. The predicted molar refractivity (Wildman–Crippen MR) is 259 cm³/mol. The molecular weight excluding hydrogens is 841 g/mol. The van der Waals surface area contributed by atoms with Gasteiger partial charge in [0.25, 0.3) is 0 Å². The lowest BCUT2D eigenvalue weighted by Crippen LogP contribution is -2.55. The molecule has 3 N–H and O–H groups in total. The number of aromatic nitrogens is 2. The van der Waals surface area contributed by atoms with E-state index >= 15 is 0 Å². The molecule has 1 aromatic heterocycles. The van der Waals surface area contributed by atoms with Crippen molar-refractivity contribution in [3.63, 3.8) is 0 Å². The van der Waals surface area contributed by atoms with Crippen LogP contribution in [0.5, 0.6) is 0 Å². The monoisotopic (exact) mass is 915 g/mol. The van der Waals surface area contributed by atoms with Crippen molar-refractivity contribution in [2.75, 3.05) is 73.9 Å². The normalized spacial score (nSPS) is 21.7. The van der Waals surface area contributed by atoms with Crippen molar-refractivity contribution in [2.24, 2.45) is 11.3 Å². The first-order valence-electron chi connectivity index (χ1n) is 24.6. The topological polar surface area (TPSA) is 163 Å². The zero-order chi connectivity index (χ0) is 46.0. The van der Waals surface area contributed by atoms with E-state index in [9.17, 15) is 24.0 Å². The number of hydrogen-bond acceptors (Lipinski definition) is 12. The van der Waals surface area contributed by atoms with Gasteiger partial charge in [-0.2, -0.15) is 4.98 Å². The van der Waals surface area contributed by atoms with Crippen molar-refractivity contribution in [2.45, 2.75) is 152 Å². The van der Waals surface area contributed by atoms with E-state index < -0.39 is 6.04 Å². The van der Waals surface area contributed by atoms with Gasteiger partial charge in [-0.3, -0.25) is 24.1 Å². The molecule has 65 heavy (non-hydrogen) atoms. The van der Waals surface area contributed by atoms with Crippen LogP contribution in [-0.4, -0.2) is 121 Å². The summed E-state index contributed by atoms with van der Waals surface area (Å²) in [5.41, 5.74) is 3.67. The molecule has 4 heterocycles. The molecule has 15 nitrogen and oxygen atoms in total. The molecule has 2 aromatic rings. The molecule has 4 fully saturated rings. The van der Waals surface area contributed by atoms with Gasteiger partial charge in [0, 0.05) is 96.3 Å². The first-order valence-corrected chi connectivity index (χ1v) is 25.3. The molecule has 16 heteroatoms. The summed E-state index contributed by atoms with van der Waals surface area (Å²) in [6, 6.07) is 5.71. The zero-order valence-corrected chi connectivity index (χ0v) is 40.2. The molecule has 2 saturated heterocycles. The zero-order valence-electron chi connectivity index (χ0n) is 39.4. The standard InChI is InChI=1S/C49H74N10O5S/c1-36-15-12-18-40(36)59-44-39(49(24-25-49)46(59)64)31-52-47(54-44)53-38-21-28-56(29-22-38)65-57-32-48(33-57,26-27-51-34-61)23-11-9-7-5-6-8-10-16-37-17-13-19-41(43(37)55(3)4)58(35-62)42(20-14-30-60)45(63)50-2/h13,17,19,30-31,34-36,38,40,42H,5-12,14-16,18,20-29,32-33H2,1-4H3,(H,50,63)(H,51,61)(H,52,53,54). The predicted octanol–water partition coefficient (Wildman–Crippen LogP) is 6.41. The second kappa shape index (κ2) is 22.5. The molecular formula is C49H74N10O5S. The minimum absolute atomic E-state index is 0.191. The molecule has 1 aromatic carbocycles. The minimum atomic E-state index is -0.764. The maximum absolute atomic E-state index is 13.7. The fourth-order valence-electron chi connectivity index (χ4n) is 11.1. The van der Waals surface area contributed by atoms with Crippen molar-refractivity contribution in [1.29, 1.82) is 0 Å². The molecule has 1 spiro atoms. The molecule has 356 valence electrons. The second-order valence-corrected chi connectivity index (χ2v) is 20.9. The number of rotatable bonds is 27. The van der Waals surface area contributed by atoms with Crippen LogP contribution in [0.1, 0.15) is 134 Å². The summed E-state index contributed by atoms with van der Waals surface area (Å²) < 4.78 is 5.00. The van der Waals surface area contributed by atoms with Crippen molar-refractivity contribution in [3.8, 4) is 0 Å². The quantitative estimate of drug-likeness (QED) is 0.0514.